The van der Waals surface area contributed by atoms with Crippen LogP contribution in [0.2, 0.25) is 0 Å². The highest BCUT2D eigenvalue weighted by Crippen LogP contribution is 2.44. The van der Waals surface area contributed by atoms with Gasteiger partial charge in [0, 0.05) is 6.54 Å². The number of aromatic nitrogens is 3. The minimum absolute atomic E-state index is 0.242. The maximum atomic E-state index is 13.0. The van der Waals surface area contributed by atoms with Gasteiger partial charge in [0.15, 0.2) is 5.69 Å². The van der Waals surface area contributed by atoms with E-state index < -0.39 is 23.7 Å². The standard InChI is InChI=1S/C8H9F6N3/c1-2-3-4-17-5(6(9)15-16-17)7(10,11)8(12,13)14/h2-4H2,1H3. The van der Waals surface area contributed by atoms with Crippen molar-refractivity contribution in [2.75, 3.05) is 0 Å². The lowest BCUT2D eigenvalue weighted by Crippen LogP contribution is -2.36. The number of hydrogen-bond acceptors (Lipinski definition) is 2. The van der Waals surface area contributed by atoms with Gasteiger partial charge in [-0.2, -0.15) is 26.3 Å². The highest BCUT2D eigenvalue weighted by molar-refractivity contribution is 5.09. The van der Waals surface area contributed by atoms with Crippen LogP contribution in [0.1, 0.15) is 25.5 Å². The van der Waals surface area contributed by atoms with E-state index in [1.165, 1.54) is 0 Å². The van der Waals surface area contributed by atoms with Crippen LogP contribution >= 0.6 is 0 Å². The predicted octanol–water partition coefficient (Wildman–Crippen LogP) is 2.87. The first-order valence-electron chi connectivity index (χ1n) is 4.75. The zero-order valence-corrected chi connectivity index (χ0v) is 8.73. The summed E-state index contributed by atoms with van der Waals surface area (Å²) in [7, 11) is 0. The molecule has 0 aliphatic heterocycles. The molecule has 17 heavy (non-hydrogen) atoms. The molecule has 1 heterocycles. The first-order chi connectivity index (χ1) is 7.71. The van der Waals surface area contributed by atoms with Crippen molar-refractivity contribution < 1.29 is 26.3 Å². The second kappa shape index (κ2) is 4.53. The number of hydrogen-bond donors (Lipinski definition) is 0. The fourth-order valence-electron chi connectivity index (χ4n) is 1.18. The summed E-state index contributed by atoms with van der Waals surface area (Å²) in [6, 6.07) is 0. The molecule has 0 amide bonds. The van der Waals surface area contributed by atoms with Crippen LogP contribution in [0.3, 0.4) is 0 Å². The lowest BCUT2D eigenvalue weighted by molar-refractivity contribution is -0.293. The summed E-state index contributed by atoms with van der Waals surface area (Å²) in [5.41, 5.74) is -1.83. The van der Waals surface area contributed by atoms with E-state index in [-0.39, 0.29) is 11.2 Å². The van der Waals surface area contributed by atoms with Crippen molar-refractivity contribution in [1.82, 2.24) is 15.0 Å². The fourth-order valence-corrected chi connectivity index (χ4v) is 1.18. The van der Waals surface area contributed by atoms with Crippen molar-refractivity contribution in [3.8, 4) is 0 Å². The summed E-state index contributed by atoms with van der Waals surface area (Å²) in [5.74, 6) is -7.20. The van der Waals surface area contributed by atoms with Crippen LogP contribution in [0.5, 0.6) is 0 Å². The Morgan fingerprint density at radius 1 is 1.18 bits per heavy atom. The third-order valence-electron chi connectivity index (χ3n) is 2.07. The summed E-state index contributed by atoms with van der Waals surface area (Å²) in [6.45, 7) is 1.46. The van der Waals surface area contributed by atoms with Crippen molar-refractivity contribution in [3.63, 3.8) is 0 Å². The number of halogens is 6. The van der Waals surface area contributed by atoms with Gasteiger partial charge >= 0.3 is 12.1 Å². The smallest absolute Gasteiger partial charge is 0.240 e. The molecule has 0 N–H and O–H groups in total. The minimum atomic E-state index is -5.88. The van der Waals surface area contributed by atoms with Gasteiger partial charge in [-0.1, -0.05) is 23.7 Å². The molecule has 0 spiro atoms. The fraction of sp³-hybridized carbons (Fsp3) is 0.750. The summed E-state index contributed by atoms with van der Waals surface area (Å²) >= 11 is 0. The second-order valence-electron chi connectivity index (χ2n) is 3.38. The van der Waals surface area contributed by atoms with Gasteiger partial charge < -0.3 is 0 Å². The third kappa shape index (κ3) is 2.52. The number of nitrogens with zero attached hydrogens (tertiary/aromatic N) is 3. The highest BCUT2D eigenvalue weighted by atomic mass is 19.4. The molecule has 0 saturated carbocycles. The van der Waals surface area contributed by atoms with E-state index in [1.807, 2.05) is 0 Å². The van der Waals surface area contributed by atoms with Gasteiger partial charge in [-0.3, -0.25) is 0 Å². The van der Waals surface area contributed by atoms with Crippen LogP contribution in [-0.2, 0) is 12.5 Å². The molecule has 0 aliphatic rings. The van der Waals surface area contributed by atoms with E-state index in [9.17, 15) is 26.3 Å². The Morgan fingerprint density at radius 3 is 2.24 bits per heavy atom. The molecule has 3 nitrogen and oxygen atoms in total. The molecule has 0 saturated heterocycles. The van der Waals surface area contributed by atoms with Gasteiger partial charge in [-0.15, -0.1) is 0 Å². The zero-order valence-electron chi connectivity index (χ0n) is 8.73. The molecule has 1 rings (SSSR count). The van der Waals surface area contributed by atoms with Gasteiger partial charge in [0.05, 0.1) is 0 Å². The van der Waals surface area contributed by atoms with Crippen molar-refractivity contribution in [2.24, 2.45) is 0 Å². The molecular weight excluding hydrogens is 252 g/mol. The Hall–Kier alpha value is -1.28. The molecule has 98 valence electrons. The molecule has 0 fully saturated rings. The SMILES string of the molecule is CCCCn1nnc(F)c1C(F)(F)C(F)(F)F. The zero-order chi connectivity index (χ0) is 13.3. The summed E-state index contributed by atoms with van der Waals surface area (Å²) in [4.78, 5) is 0. The van der Waals surface area contributed by atoms with Gasteiger partial charge in [0.2, 0.25) is 0 Å². The molecule has 1 aromatic heterocycles. The summed E-state index contributed by atoms with van der Waals surface area (Å²) in [6.07, 6.45) is -5.04. The lowest BCUT2D eigenvalue weighted by atomic mass is 10.2. The molecular formula is C8H9F6N3. The Morgan fingerprint density at radius 2 is 1.76 bits per heavy atom. The average molecular weight is 261 g/mol. The topological polar surface area (TPSA) is 30.7 Å². The first-order valence-corrected chi connectivity index (χ1v) is 4.75. The van der Waals surface area contributed by atoms with Gasteiger partial charge in [0.1, 0.15) is 0 Å². The lowest BCUT2D eigenvalue weighted by Gasteiger charge is -2.19. The number of rotatable bonds is 4. The molecule has 0 radical (unpaired) electrons. The molecule has 1 aromatic rings. The van der Waals surface area contributed by atoms with Crippen molar-refractivity contribution in [2.45, 2.75) is 38.4 Å². The average Bonchev–Trinajstić information content (AvgIpc) is 2.55. The molecule has 0 aliphatic carbocycles. The van der Waals surface area contributed by atoms with Crippen molar-refractivity contribution >= 4 is 0 Å². The Balaban J connectivity index is 3.16. The van der Waals surface area contributed by atoms with E-state index >= 15 is 0 Å². The Kier molecular flexibility index (Phi) is 3.68. The quantitative estimate of drug-likeness (QED) is 0.780. The first kappa shape index (κ1) is 13.8. The number of unbranched alkanes of at least 4 members (excludes halogenated alkanes) is 1. The normalized spacial score (nSPS) is 13.1. The van der Waals surface area contributed by atoms with Crippen LogP contribution in [-0.4, -0.2) is 21.2 Å². The van der Waals surface area contributed by atoms with E-state index in [0.717, 1.165) is 0 Å². The molecule has 0 bridgehead atoms. The van der Waals surface area contributed by atoms with E-state index in [1.54, 1.807) is 6.92 Å². The Bertz CT molecular complexity index is 383. The van der Waals surface area contributed by atoms with Gasteiger partial charge in [-0.25, -0.2) is 4.68 Å². The second-order valence-corrected chi connectivity index (χ2v) is 3.38. The van der Waals surface area contributed by atoms with Crippen LogP contribution in [0, 0.1) is 5.95 Å². The highest BCUT2D eigenvalue weighted by Gasteiger charge is 2.62. The number of alkyl halides is 5. The third-order valence-corrected chi connectivity index (χ3v) is 2.07. The minimum Gasteiger partial charge on any atom is -0.240 e. The van der Waals surface area contributed by atoms with Crippen LogP contribution in [0.25, 0.3) is 0 Å². The van der Waals surface area contributed by atoms with E-state index in [2.05, 4.69) is 10.3 Å². The van der Waals surface area contributed by atoms with Crippen LogP contribution in [0.15, 0.2) is 0 Å². The monoisotopic (exact) mass is 261 g/mol. The van der Waals surface area contributed by atoms with Gasteiger partial charge in [-0.05, 0) is 6.42 Å². The van der Waals surface area contributed by atoms with Gasteiger partial charge in [0.25, 0.3) is 5.95 Å². The van der Waals surface area contributed by atoms with E-state index in [0.29, 0.717) is 12.8 Å². The number of aryl methyl sites for hydroxylation is 1. The predicted molar refractivity (Wildman–Crippen MR) is 44.8 cm³/mol. The molecule has 0 unspecified atom stereocenters. The molecule has 9 heteroatoms. The summed E-state index contributed by atoms with van der Waals surface area (Å²) < 4.78 is 75.4. The molecule has 0 aromatic carbocycles. The van der Waals surface area contributed by atoms with E-state index in [4.69, 9.17) is 0 Å². The van der Waals surface area contributed by atoms with Crippen molar-refractivity contribution in [3.05, 3.63) is 11.6 Å². The largest absolute Gasteiger partial charge is 0.459 e. The van der Waals surface area contributed by atoms with Crippen molar-refractivity contribution in [1.29, 1.82) is 0 Å². The van der Waals surface area contributed by atoms with Crippen LogP contribution in [0.4, 0.5) is 26.3 Å². The Labute approximate surface area is 92.4 Å². The summed E-state index contributed by atoms with van der Waals surface area (Å²) in [5, 5.41) is 5.56. The maximum absolute atomic E-state index is 13.0. The molecule has 0 atom stereocenters. The van der Waals surface area contributed by atoms with Crippen LogP contribution < -0.4 is 0 Å². The maximum Gasteiger partial charge on any atom is 0.459 e.